The fourth-order valence-corrected chi connectivity index (χ4v) is 2.86. The molecule has 2 aromatic carbocycles. The molecule has 0 saturated carbocycles. The van der Waals surface area contributed by atoms with E-state index < -0.39 is 0 Å². The van der Waals surface area contributed by atoms with E-state index in [0.29, 0.717) is 6.04 Å². The van der Waals surface area contributed by atoms with Gasteiger partial charge in [-0.3, -0.25) is 0 Å². The summed E-state index contributed by atoms with van der Waals surface area (Å²) in [6.45, 7) is 6.01. The standard InChI is InChI=1S/C18H23NOS/c1-3-19-15(2)16-9-11-17(12-10-16)20-13-14-21-18-7-5-4-6-8-18/h4-12,15,19H,3,13-14H2,1-2H3. The molecule has 1 atom stereocenters. The highest BCUT2D eigenvalue weighted by atomic mass is 32.2. The lowest BCUT2D eigenvalue weighted by Crippen LogP contribution is -2.17. The summed E-state index contributed by atoms with van der Waals surface area (Å²) in [4.78, 5) is 1.29. The Morgan fingerprint density at radius 2 is 1.76 bits per heavy atom. The monoisotopic (exact) mass is 301 g/mol. The zero-order valence-corrected chi connectivity index (χ0v) is 13.5. The van der Waals surface area contributed by atoms with E-state index in [4.69, 9.17) is 4.74 Å². The van der Waals surface area contributed by atoms with E-state index in [2.05, 4.69) is 67.7 Å². The van der Waals surface area contributed by atoms with Crippen LogP contribution in [0.2, 0.25) is 0 Å². The molecule has 2 nitrogen and oxygen atoms in total. The minimum Gasteiger partial charge on any atom is -0.493 e. The van der Waals surface area contributed by atoms with Crippen LogP contribution in [0.5, 0.6) is 5.75 Å². The predicted octanol–water partition coefficient (Wildman–Crippen LogP) is 4.53. The number of ether oxygens (including phenoxy) is 1. The SMILES string of the molecule is CCNC(C)c1ccc(OCCSc2ccccc2)cc1. The molecule has 0 saturated heterocycles. The Kier molecular flexibility index (Phi) is 6.64. The average molecular weight is 301 g/mol. The van der Waals surface area contributed by atoms with Crippen LogP contribution >= 0.6 is 11.8 Å². The van der Waals surface area contributed by atoms with E-state index in [1.807, 2.05) is 17.8 Å². The van der Waals surface area contributed by atoms with Crippen molar-refractivity contribution in [2.24, 2.45) is 0 Å². The minimum atomic E-state index is 0.387. The topological polar surface area (TPSA) is 21.3 Å². The summed E-state index contributed by atoms with van der Waals surface area (Å²) in [5.74, 6) is 1.90. The summed E-state index contributed by atoms with van der Waals surface area (Å²) in [5, 5.41) is 3.41. The Hall–Kier alpha value is -1.45. The summed E-state index contributed by atoms with van der Waals surface area (Å²) in [5.41, 5.74) is 1.29. The maximum atomic E-state index is 5.78. The van der Waals surface area contributed by atoms with E-state index in [1.54, 1.807) is 0 Å². The number of hydrogen-bond acceptors (Lipinski definition) is 3. The van der Waals surface area contributed by atoms with Gasteiger partial charge in [-0.2, -0.15) is 0 Å². The fourth-order valence-electron chi connectivity index (χ4n) is 2.11. The molecule has 0 aliphatic heterocycles. The Morgan fingerprint density at radius 1 is 1.05 bits per heavy atom. The molecule has 3 heteroatoms. The number of hydrogen-bond donors (Lipinski definition) is 1. The van der Waals surface area contributed by atoms with Crippen LogP contribution in [0.4, 0.5) is 0 Å². The number of rotatable bonds is 8. The number of thioether (sulfide) groups is 1. The second-order valence-corrected chi connectivity index (χ2v) is 6.03. The van der Waals surface area contributed by atoms with Gasteiger partial charge in [0.05, 0.1) is 6.61 Å². The van der Waals surface area contributed by atoms with Gasteiger partial charge in [-0.25, -0.2) is 0 Å². The van der Waals surface area contributed by atoms with Gasteiger partial charge in [-0.15, -0.1) is 11.8 Å². The number of nitrogens with one attached hydrogen (secondary N) is 1. The van der Waals surface area contributed by atoms with Gasteiger partial charge in [0.2, 0.25) is 0 Å². The van der Waals surface area contributed by atoms with Gasteiger partial charge in [0, 0.05) is 16.7 Å². The smallest absolute Gasteiger partial charge is 0.119 e. The summed E-state index contributed by atoms with van der Waals surface area (Å²) in [7, 11) is 0. The van der Waals surface area contributed by atoms with Crippen LogP contribution < -0.4 is 10.1 Å². The van der Waals surface area contributed by atoms with Crippen molar-refractivity contribution in [2.75, 3.05) is 18.9 Å². The van der Waals surface area contributed by atoms with E-state index in [0.717, 1.165) is 24.7 Å². The third-order valence-corrected chi connectivity index (χ3v) is 4.23. The van der Waals surface area contributed by atoms with Crippen molar-refractivity contribution in [1.82, 2.24) is 5.32 Å². The second-order valence-electron chi connectivity index (χ2n) is 4.86. The molecule has 0 radical (unpaired) electrons. The molecule has 0 spiro atoms. The first-order chi connectivity index (χ1) is 10.3. The molecule has 0 aliphatic carbocycles. The van der Waals surface area contributed by atoms with Gasteiger partial charge in [-0.05, 0) is 43.3 Å². The summed E-state index contributed by atoms with van der Waals surface area (Å²) < 4.78 is 5.78. The highest BCUT2D eigenvalue weighted by Crippen LogP contribution is 2.19. The molecule has 0 heterocycles. The van der Waals surface area contributed by atoms with Crippen molar-refractivity contribution in [3.05, 3.63) is 60.2 Å². The van der Waals surface area contributed by atoms with Gasteiger partial charge in [0.25, 0.3) is 0 Å². The minimum absolute atomic E-state index is 0.387. The summed E-state index contributed by atoms with van der Waals surface area (Å²) in [6.07, 6.45) is 0. The number of benzene rings is 2. The predicted molar refractivity (Wildman–Crippen MR) is 91.2 cm³/mol. The average Bonchev–Trinajstić information content (AvgIpc) is 2.53. The summed E-state index contributed by atoms with van der Waals surface area (Å²) >= 11 is 1.82. The first-order valence-electron chi connectivity index (χ1n) is 7.43. The molecule has 0 bridgehead atoms. The molecular weight excluding hydrogens is 278 g/mol. The van der Waals surface area contributed by atoms with Crippen LogP contribution in [0.3, 0.4) is 0 Å². The normalized spacial score (nSPS) is 12.1. The zero-order chi connectivity index (χ0) is 14.9. The second kappa shape index (κ2) is 8.75. The van der Waals surface area contributed by atoms with Crippen molar-refractivity contribution in [2.45, 2.75) is 24.8 Å². The summed E-state index contributed by atoms with van der Waals surface area (Å²) in [6, 6.07) is 19.2. The quantitative estimate of drug-likeness (QED) is 0.572. The van der Waals surface area contributed by atoms with Crippen LogP contribution in [0.25, 0.3) is 0 Å². The lowest BCUT2D eigenvalue weighted by atomic mass is 10.1. The molecule has 2 rings (SSSR count). The molecule has 0 aliphatic rings. The van der Waals surface area contributed by atoms with Crippen LogP contribution in [0, 0.1) is 0 Å². The van der Waals surface area contributed by atoms with E-state index in [1.165, 1.54) is 10.5 Å². The molecular formula is C18H23NOS. The van der Waals surface area contributed by atoms with Crippen molar-refractivity contribution >= 4 is 11.8 Å². The van der Waals surface area contributed by atoms with Crippen LogP contribution in [0.15, 0.2) is 59.5 Å². The van der Waals surface area contributed by atoms with Gasteiger partial charge in [0.1, 0.15) is 5.75 Å². The van der Waals surface area contributed by atoms with Gasteiger partial charge >= 0.3 is 0 Å². The Balaban J connectivity index is 1.73. The van der Waals surface area contributed by atoms with Crippen molar-refractivity contribution in [3.8, 4) is 5.75 Å². The lowest BCUT2D eigenvalue weighted by molar-refractivity contribution is 0.343. The lowest BCUT2D eigenvalue weighted by Gasteiger charge is -2.13. The molecule has 21 heavy (non-hydrogen) atoms. The van der Waals surface area contributed by atoms with E-state index in [9.17, 15) is 0 Å². The van der Waals surface area contributed by atoms with Crippen LogP contribution in [-0.2, 0) is 0 Å². The van der Waals surface area contributed by atoms with Crippen molar-refractivity contribution in [1.29, 1.82) is 0 Å². The largest absolute Gasteiger partial charge is 0.493 e. The zero-order valence-electron chi connectivity index (χ0n) is 12.7. The third kappa shape index (κ3) is 5.44. The van der Waals surface area contributed by atoms with Gasteiger partial charge in [0.15, 0.2) is 0 Å². The van der Waals surface area contributed by atoms with Crippen molar-refractivity contribution < 1.29 is 4.74 Å². The van der Waals surface area contributed by atoms with Gasteiger partial charge < -0.3 is 10.1 Å². The van der Waals surface area contributed by atoms with E-state index in [-0.39, 0.29) is 0 Å². The first kappa shape index (κ1) is 15.9. The highest BCUT2D eigenvalue weighted by molar-refractivity contribution is 7.99. The highest BCUT2D eigenvalue weighted by Gasteiger charge is 2.03. The fraction of sp³-hybridized carbons (Fsp3) is 0.333. The molecule has 112 valence electrons. The molecule has 0 amide bonds. The maximum Gasteiger partial charge on any atom is 0.119 e. The molecule has 2 aromatic rings. The van der Waals surface area contributed by atoms with E-state index >= 15 is 0 Å². The molecule has 0 fully saturated rings. The molecule has 0 aromatic heterocycles. The van der Waals surface area contributed by atoms with Gasteiger partial charge in [-0.1, -0.05) is 37.3 Å². The van der Waals surface area contributed by atoms with Crippen LogP contribution in [-0.4, -0.2) is 18.9 Å². The maximum absolute atomic E-state index is 5.78. The van der Waals surface area contributed by atoms with Crippen LogP contribution in [0.1, 0.15) is 25.5 Å². The molecule has 1 N–H and O–H groups in total. The third-order valence-electron chi connectivity index (χ3n) is 3.25. The first-order valence-corrected chi connectivity index (χ1v) is 8.42. The Labute approximate surface area is 131 Å². The Bertz CT molecular complexity index is 513. The Morgan fingerprint density at radius 3 is 2.43 bits per heavy atom. The van der Waals surface area contributed by atoms with Crippen molar-refractivity contribution in [3.63, 3.8) is 0 Å². The molecule has 1 unspecified atom stereocenters.